The first-order valence-corrected chi connectivity index (χ1v) is 11.2. The zero-order valence-corrected chi connectivity index (χ0v) is 18.3. The average Bonchev–Trinajstić information content (AvgIpc) is 3.28. The van der Waals surface area contributed by atoms with Crippen LogP contribution in [-0.4, -0.2) is 50.6 Å². The van der Waals surface area contributed by atoms with Crippen LogP contribution in [0.2, 0.25) is 5.02 Å². The summed E-state index contributed by atoms with van der Waals surface area (Å²) in [6.45, 7) is 3.88. The zero-order valence-electron chi connectivity index (χ0n) is 17.6. The van der Waals surface area contributed by atoms with E-state index in [4.69, 9.17) is 16.3 Å². The Labute approximate surface area is 184 Å². The van der Waals surface area contributed by atoms with E-state index in [2.05, 4.69) is 40.4 Å². The number of nitrogens with one attached hydrogen (secondary N) is 1. The van der Waals surface area contributed by atoms with Crippen LogP contribution in [0.3, 0.4) is 0 Å². The average molecular weight is 428 g/mol. The van der Waals surface area contributed by atoms with Crippen LogP contribution in [-0.2, 0) is 11.2 Å². The SMILES string of the molecule is CN1CCCc2cc([C@H](CNC(=O)COc3ccc(Cl)cc3)N3CCCC3)ccc21. The molecule has 4 rings (SSSR count). The van der Waals surface area contributed by atoms with E-state index < -0.39 is 0 Å². The second-order valence-corrected chi connectivity index (χ2v) is 8.66. The maximum atomic E-state index is 12.4. The number of aryl methyl sites for hydroxylation is 1. The van der Waals surface area contributed by atoms with Gasteiger partial charge in [-0.2, -0.15) is 0 Å². The molecule has 160 valence electrons. The van der Waals surface area contributed by atoms with Crippen molar-refractivity contribution in [1.82, 2.24) is 10.2 Å². The number of carbonyl (C=O) groups excluding carboxylic acids is 1. The lowest BCUT2D eigenvalue weighted by Crippen LogP contribution is -2.38. The third-order valence-electron chi connectivity index (χ3n) is 6.10. The number of hydrogen-bond donors (Lipinski definition) is 1. The van der Waals surface area contributed by atoms with Crippen LogP contribution in [0.1, 0.15) is 36.4 Å². The van der Waals surface area contributed by atoms with Crippen LogP contribution in [0, 0.1) is 0 Å². The highest BCUT2D eigenvalue weighted by molar-refractivity contribution is 6.30. The quantitative estimate of drug-likeness (QED) is 0.723. The van der Waals surface area contributed by atoms with Crippen LogP contribution >= 0.6 is 11.6 Å². The summed E-state index contributed by atoms with van der Waals surface area (Å²) >= 11 is 5.89. The number of ether oxygens (including phenoxy) is 1. The first-order valence-electron chi connectivity index (χ1n) is 10.8. The molecule has 1 N–H and O–H groups in total. The van der Waals surface area contributed by atoms with Crippen LogP contribution in [0.5, 0.6) is 5.75 Å². The van der Waals surface area contributed by atoms with Crippen molar-refractivity contribution < 1.29 is 9.53 Å². The molecule has 5 nitrogen and oxygen atoms in total. The Kier molecular flexibility index (Phi) is 6.80. The third kappa shape index (κ3) is 5.08. The van der Waals surface area contributed by atoms with Gasteiger partial charge in [0, 0.05) is 30.8 Å². The van der Waals surface area contributed by atoms with Gasteiger partial charge in [-0.3, -0.25) is 9.69 Å². The molecule has 0 radical (unpaired) electrons. The number of benzene rings is 2. The monoisotopic (exact) mass is 427 g/mol. The van der Waals surface area contributed by atoms with E-state index in [1.165, 1.54) is 36.1 Å². The minimum absolute atomic E-state index is 0.00331. The molecule has 6 heteroatoms. The number of amides is 1. The molecule has 1 amide bonds. The van der Waals surface area contributed by atoms with Gasteiger partial charge in [-0.1, -0.05) is 23.7 Å². The minimum atomic E-state index is -0.105. The van der Waals surface area contributed by atoms with E-state index in [1.54, 1.807) is 24.3 Å². The minimum Gasteiger partial charge on any atom is -0.484 e. The highest BCUT2D eigenvalue weighted by Gasteiger charge is 2.25. The van der Waals surface area contributed by atoms with Crippen molar-refractivity contribution in [3.8, 4) is 5.75 Å². The first kappa shape index (κ1) is 21.0. The molecule has 1 atom stereocenters. The van der Waals surface area contributed by atoms with E-state index in [0.717, 1.165) is 26.1 Å². The van der Waals surface area contributed by atoms with Crippen LogP contribution < -0.4 is 15.0 Å². The van der Waals surface area contributed by atoms with Gasteiger partial charge in [0.1, 0.15) is 5.75 Å². The van der Waals surface area contributed by atoms with Crippen LogP contribution in [0.25, 0.3) is 0 Å². The Balaban J connectivity index is 1.40. The fourth-order valence-corrected chi connectivity index (χ4v) is 4.59. The summed E-state index contributed by atoms with van der Waals surface area (Å²) in [5, 5.41) is 3.74. The Morgan fingerprint density at radius 2 is 1.87 bits per heavy atom. The lowest BCUT2D eigenvalue weighted by molar-refractivity contribution is -0.123. The predicted molar refractivity (Wildman–Crippen MR) is 122 cm³/mol. The summed E-state index contributed by atoms with van der Waals surface area (Å²) in [6, 6.07) is 14.1. The summed E-state index contributed by atoms with van der Waals surface area (Å²) in [6.07, 6.45) is 4.76. The molecule has 0 unspecified atom stereocenters. The molecule has 0 aromatic heterocycles. The molecule has 1 fully saturated rings. The molecular weight excluding hydrogens is 398 g/mol. The number of likely N-dealkylation sites (tertiary alicyclic amines) is 1. The summed E-state index contributed by atoms with van der Waals surface area (Å²) in [5.41, 5.74) is 4.05. The smallest absolute Gasteiger partial charge is 0.258 e. The molecule has 0 spiro atoms. The fraction of sp³-hybridized carbons (Fsp3) is 0.458. The van der Waals surface area contributed by atoms with Crippen molar-refractivity contribution in [3.63, 3.8) is 0 Å². The van der Waals surface area contributed by atoms with E-state index in [1.807, 2.05) is 0 Å². The fourth-order valence-electron chi connectivity index (χ4n) is 4.46. The van der Waals surface area contributed by atoms with Gasteiger partial charge in [0.25, 0.3) is 5.91 Å². The van der Waals surface area contributed by atoms with Crippen LogP contribution in [0.4, 0.5) is 5.69 Å². The van der Waals surface area contributed by atoms with Crippen molar-refractivity contribution in [2.45, 2.75) is 31.7 Å². The highest BCUT2D eigenvalue weighted by Crippen LogP contribution is 2.31. The normalized spacial score (nSPS) is 17.5. The Hall–Kier alpha value is -2.24. The van der Waals surface area contributed by atoms with Gasteiger partial charge in [-0.05, 0) is 80.2 Å². The van der Waals surface area contributed by atoms with Gasteiger partial charge >= 0.3 is 0 Å². The van der Waals surface area contributed by atoms with Gasteiger partial charge in [-0.25, -0.2) is 0 Å². The second-order valence-electron chi connectivity index (χ2n) is 8.22. The molecule has 2 aromatic carbocycles. The van der Waals surface area contributed by atoms with E-state index >= 15 is 0 Å². The third-order valence-corrected chi connectivity index (χ3v) is 6.35. The number of nitrogens with zero attached hydrogens (tertiary/aromatic N) is 2. The summed E-state index contributed by atoms with van der Waals surface area (Å²) in [5.74, 6) is 0.538. The van der Waals surface area contributed by atoms with Crippen molar-refractivity contribution in [2.24, 2.45) is 0 Å². The van der Waals surface area contributed by atoms with Crippen molar-refractivity contribution in [2.75, 3.05) is 44.7 Å². The lowest BCUT2D eigenvalue weighted by atomic mass is 9.96. The number of halogens is 1. The van der Waals surface area contributed by atoms with E-state index in [9.17, 15) is 4.79 Å². The largest absolute Gasteiger partial charge is 0.484 e. The highest BCUT2D eigenvalue weighted by atomic mass is 35.5. The lowest BCUT2D eigenvalue weighted by Gasteiger charge is -2.32. The zero-order chi connectivity index (χ0) is 20.9. The molecular formula is C24H30ClN3O2. The number of hydrogen-bond acceptors (Lipinski definition) is 4. The maximum absolute atomic E-state index is 12.4. The Bertz CT molecular complexity index is 865. The van der Waals surface area contributed by atoms with Gasteiger partial charge in [0.2, 0.25) is 0 Å². The summed E-state index contributed by atoms with van der Waals surface area (Å²) in [7, 11) is 2.16. The topological polar surface area (TPSA) is 44.8 Å². The summed E-state index contributed by atoms with van der Waals surface area (Å²) in [4.78, 5) is 17.3. The van der Waals surface area contributed by atoms with Crippen molar-refractivity contribution >= 4 is 23.2 Å². The molecule has 0 bridgehead atoms. The number of rotatable bonds is 7. The predicted octanol–water partition coefficient (Wildman–Crippen LogP) is 4.05. The number of anilines is 1. The van der Waals surface area contributed by atoms with Gasteiger partial charge in [0.15, 0.2) is 6.61 Å². The maximum Gasteiger partial charge on any atom is 0.258 e. The molecule has 2 aliphatic rings. The molecule has 0 saturated carbocycles. The Morgan fingerprint density at radius 3 is 2.63 bits per heavy atom. The first-order chi connectivity index (χ1) is 14.6. The molecule has 1 saturated heterocycles. The van der Waals surface area contributed by atoms with E-state index in [0.29, 0.717) is 17.3 Å². The Morgan fingerprint density at radius 1 is 1.10 bits per heavy atom. The number of fused-ring (bicyclic) bond motifs is 1. The second kappa shape index (κ2) is 9.71. The van der Waals surface area contributed by atoms with E-state index in [-0.39, 0.29) is 18.6 Å². The standard InChI is InChI=1S/C24H30ClN3O2/c1-27-12-4-5-18-15-19(6-11-22(18)27)23(28-13-2-3-14-28)16-26-24(29)17-30-21-9-7-20(25)8-10-21/h6-11,15,23H,2-5,12-14,16-17H2,1H3,(H,26,29)/t23-/m0/s1. The molecule has 2 heterocycles. The van der Waals surface area contributed by atoms with Crippen molar-refractivity contribution in [1.29, 1.82) is 0 Å². The molecule has 30 heavy (non-hydrogen) atoms. The summed E-state index contributed by atoms with van der Waals surface area (Å²) < 4.78 is 5.58. The van der Waals surface area contributed by atoms with Crippen molar-refractivity contribution in [3.05, 3.63) is 58.6 Å². The molecule has 0 aliphatic carbocycles. The van der Waals surface area contributed by atoms with Crippen LogP contribution in [0.15, 0.2) is 42.5 Å². The van der Waals surface area contributed by atoms with Gasteiger partial charge < -0.3 is 15.0 Å². The molecule has 2 aliphatic heterocycles. The molecule has 2 aromatic rings. The van der Waals surface area contributed by atoms with Gasteiger partial charge in [-0.15, -0.1) is 0 Å². The number of carbonyl (C=O) groups is 1. The van der Waals surface area contributed by atoms with Gasteiger partial charge in [0.05, 0.1) is 6.04 Å².